The summed E-state index contributed by atoms with van der Waals surface area (Å²) in [5.41, 5.74) is 3.68. The van der Waals surface area contributed by atoms with Gasteiger partial charge in [0.25, 0.3) is 5.91 Å². The van der Waals surface area contributed by atoms with Crippen LogP contribution in [0.15, 0.2) is 84.0 Å². The van der Waals surface area contributed by atoms with Gasteiger partial charge in [0.15, 0.2) is 5.82 Å². The van der Waals surface area contributed by atoms with Crippen LogP contribution in [0.1, 0.15) is 54.9 Å². The number of benzene rings is 3. The molecule has 0 aliphatic heterocycles. The summed E-state index contributed by atoms with van der Waals surface area (Å²) in [7, 11) is 0. The summed E-state index contributed by atoms with van der Waals surface area (Å²) < 4.78 is 5.86. The van der Waals surface area contributed by atoms with Gasteiger partial charge in [-0.15, -0.1) is 11.8 Å². The fraction of sp³-hybridized carbons (Fsp3) is 0.294. The average Bonchev–Trinajstić information content (AvgIpc) is 3.03. The van der Waals surface area contributed by atoms with E-state index in [9.17, 15) is 14.7 Å². The zero-order valence-electron chi connectivity index (χ0n) is 24.4. The number of halogens is 1. The Morgan fingerprint density at radius 1 is 0.907 bits per heavy atom. The fourth-order valence-electron chi connectivity index (χ4n) is 4.53. The monoisotopic (exact) mass is 617 g/mol. The number of aliphatic carboxylic acids is 1. The number of nitrogens with zero attached hydrogens (tertiary/aromatic N) is 2. The normalized spacial score (nSPS) is 11.6. The van der Waals surface area contributed by atoms with Crippen molar-refractivity contribution in [1.29, 1.82) is 0 Å². The third kappa shape index (κ3) is 9.30. The van der Waals surface area contributed by atoms with E-state index in [4.69, 9.17) is 16.3 Å². The standard InChI is InChI=1S/C34H36ClN3O4S/c1-3-4-5-6-7-18-42-27-14-12-24(13-15-27)26-21-36-32(37-22-26)25-10-8-23(9-11-25)19-31(34(40)41)38-33(39)29-17-16-28(43-2)20-30(29)35/h8-17,20-22,31H,3-7,18-19H2,1-2H3,(H,38,39)(H,40,41). The molecule has 0 aliphatic carbocycles. The Morgan fingerprint density at radius 2 is 1.58 bits per heavy atom. The van der Waals surface area contributed by atoms with Crippen LogP contribution in [-0.2, 0) is 11.2 Å². The van der Waals surface area contributed by atoms with Crippen molar-refractivity contribution in [3.05, 3.63) is 95.3 Å². The molecule has 1 unspecified atom stereocenters. The van der Waals surface area contributed by atoms with Gasteiger partial charge in [0.2, 0.25) is 0 Å². The Kier molecular flexibility index (Phi) is 12.0. The van der Waals surface area contributed by atoms with Gasteiger partial charge in [-0.05, 0) is 54.1 Å². The Hall–Kier alpha value is -3.88. The lowest BCUT2D eigenvalue weighted by Gasteiger charge is -2.16. The first-order chi connectivity index (χ1) is 20.9. The number of carboxylic acid groups (broad SMARTS) is 1. The van der Waals surface area contributed by atoms with Crippen LogP contribution in [0.3, 0.4) is 0 Å². The van der Waals surface area contributed by atoms with Crippen molar-refractivity contribution in [2.45, 2.75) is 56.4 Å². The minimum Gasteiger partial charge on any atom is -0.494 e. The molecule has 0 spiro atoms. The quantitative estimate of drug-likeness (QED) is 0.103. The highest BCUT2D eigenvalue weighted by Gasteiger charge is 2.22. The van der Waals surface area contributed by atoms with Gasteiger partial charge >= 0.3 is 5.97 Å². The van der Waals surface area contributed by atoms with Crippen LogP contribution in [0, 0.1) is 0 Å². The van der Waals surface area contributed by atoms with Gasteiger partial charge in [0.1, 0.15) is 11.8 Å². The van der Waals surface area contributed by atoms with Crippen LogP contribution in [0.25, 0.3) is 22.5 Å². The van der Waals surface area contributed by atoms with Gasteiger partial charge in [0.05, 0.1) is 17.2 Å². The molecule has 0 fully saturated rings. The number of unbranched alkanes of at least 4 members (excludes halogenated alkanes) is 4. The Balaban J connectivity index is 1.33. The minimum absolute atomic E-state index is 0.111. The molecular formula is C34H36ClN3O4S. The smallest absolute Gasteiger partial charge is 0.326 e. The van der Waals surface area contributed by atoms with E-state index in [0.29, 0.717) is 5.82 Å². The molecule has 43 heavy (non-hydrogen) atoms. The molecule has 0 bridgehead atoms. The van der Waals surface area contributed by atoms with E-state index in [0.717, 1.165) is 45.9 Å². The summed E-state index contributed by atoms with van der Waals surface area (Å²) in [6.07, 6.45) is 11.6. The van der Waals surface area contributed by atoms with Crippen molar-refractivity contribution in [1.82, 2.24) is 15.3 Å². The highest BCUT2D eigenvalue weighted by molar-refractivity contribution is 7.98. The van der Waals surface area contributed by atoms with E-state index in [1.165, 1.54) is 37.4 Å². The molecular weight excluding hydrogens is 582 g/mol. The molecule has 0 saturated carbocycles. The van der Waals surface area contributed by atoms with Gasteiger partial charge in [-0.25, -0.2) is 14.8 Å². The van der Waals surface area contributed by atoms with Crippen LogP contribution < -0.4 is 10.1 Å². The summed E-state index contributed by atoms with van der Waals surface area (Å²) in [6, 6.07) is 19.2. The van der Waals surface area contributed by atoms with Crippen LogP contribution in [0.4, 0.5) is 0 Å². The summed E-state index contributed by atoms with van der Waals surface area (Å²) in [5, 5.41) is 12.6. The lowest BCUT2D eigenvalue weighted by atomic mass is 10.0. The molecule has 2 N–H and O–H groups in total. The van der Waals surface area contributed by atoms with Crippen molar-refractivity contribution in [3.63, 3.8) is 0 Å². The number of hydrogen-bond donors (Lipinski definition) is 2. The Labute approximate surface area is 262 Å². The molecule has 0 aliphatic rings. The maximum atomic E-state index is 12.7. The van der Waals surface area contributed by atoms with Crippen molar-refractivity contribution in [2.24, 2.45) is 0 Å². The number of carboxylic acids is 1. The van der Waals surface area contributed by atoms with Gasteiger partial charge in [-0.2, -0.15) is 0 Å². The van der Waals surface area contributed by atoms with Crippen LogP contribution in [0.5, 0.6) is 5.75 Å². The van der Waals surface area contributed by atoms with E-state index in [1.807, 2.05) is 54.8 Å². The molecule has 7 nitrogen and oxygen atoms in total. The molecule has 0 radical (unpaired) electrons. The van der Waals surface area contributed by atoms with E-state index >= 15 is 0 Å². The molecule has 9 heteroatoms. The number of carbonyl (C=O) groups excluding carboxylic acids is 1. The largest absolute Gasteiger partial charge is 0.494 e. The zero-order valence-corrected chi connectivity index (χ0v) is 26.0. The highest BCUT2D eigenvalue weighted by atomic mass is 35.5. The average molecular weight is 618 g/mol. The lowest BCUT2D eigenvalue weighted by Crippen LogP contribution is -2.42. The molecule has 0 saturated heterocycles. The van der Waals surface area contributed by atoms with Crippen molar-refractivity contribution >= 4 is 35.2 Å². The van der Waals surface area contributed by atoms with Crippen LogP contribution in [-0.4, -0.2) is 45.9 Å². The summed E-state index contributed by atoms with van der Waals surface area (Å²) >= 11 is 7.75. The van der Waals surface area contributed by atoms with E-state index in [2.05, 4.69) is 22.2 Å². The first-order valence-corrected chi connectivity index (χ1v) is 16.0. The van der Waals surface area contributed by atoms with Gasteiger partial charge < -0.3 is 15.2 Å². The maximum absolute atomic E-state index is 12.7. The molecule has 224 valence electrons. The van der Waals surface area contributed by atoms with Gasteiger partial charge in [-0.1, -0.05) is 80.6 Å². The van der Waals surface area contributed by atoms with E-state index in [-0.39, 0.29) is 17.0 Å². The first kappa shape index (κ1) is 32.0. The second-order valence-electron chi connectivity index (χ2n) is 10.2. The topological polar surface area (TPSA) is 101 Å². The summed E-state index contributed by atoms with van der Waals surface area (Å²) in [4.78, 5) is 34.7. The number of hydrogen-bond acceptors (Lipinski definition) is 6. The third-order valence-electron chi connectivity index (χ3n) is 7.03. The maximum Gasteiger partial charge on any atom is 0.326 e. The predicted molar refractivity (Wildman–Crippen MR) is 173 cm³/mol. The first-order valence-electron chi connectivity index (χ1n) is 14.4. The predicted octanol–water partition coefficient (Wildman–Crippen LogP) is 7.96. The van der Waals surface area contributed by atoms with Crippen molar-refractivity contribution in [3.8, 4) is 28.3 Å². The van der Waals surface area contributed by atoms with Crippen LogP contribution in [0.2, 0.25) is 5.02 Å². The zero-order chi connectivity index (χ0) is 30.6. The fourth-order valence-corrected chi connectivity index (χ4v) is 5.30. The molecule has 1 heterocycles. The molecule has 4 rings (SSSR count). The highest BCUT2D eigenvalue weighted by Crippen LogP contribution is 2.25. The molecule has 4 aromatic rings. The van der Waals surface area contributed by atoms with Crippen molar-refractivity contribution < 1.29 is 19.4 Å². The van der Waals surface area contributed by atoms with E-state index in [1.54, 1.807) is 30.6 Å². The summed E-state index contributed by atoms with van der Waals surface area (Å²) in [6.45, 7) is 2.94. The SMILES string of the molecule is CCCCCCCOc1ccc(-c2cnc(-c3ccc(CC(NC(=O)c4ccc(SC)cc4Cl)C(=O)O)cc3)nc2)cc1. The summed E-state index contributed by atoms with van der Waals surface area (Å²) in [5.74, 6) is -0.245. The lowest BCUT2D eigenvalue weighted by molar-refractivity contribution is -0.139. The third-order valence-corrected chi connectivity index (χ3v) is 8.07. The second-order valence-corrected chi connectivity index (χ2v) is 11.5. The van der Waals surface area contributed by atoms with Crippen LogP contribution >= 0.6 is 23.4 Å². The number of carbonyl (C=O) groups is 2. The molecule has 1 amide bonds. The number of amides is 1. The van der Waals surface area contributed by atoms with Crippen molar-refractivity contribution in [2.75, 3.05) is 12.9 Å². The second kappa shape index (κ2) is 16.1. The van der Waals surface area contributed by atoms with Gasteiger partial charge in [0, 0.05) is 34.8 Å². The Morgan fingerprint density at radius 3 is 2.21 bits per heavy atom. The molecule has 3 aromatic carbocycles. The Bertz CT molecular complexity index is 1500. The van der Waals surface area contributed by atoms with E-state index < -0.39 is 17.9 Å². The number of thioether (sulfide) groups is 1. The number of ether oxygens (including phenoxy) is 1. The molecule has 1 atom stereocenters. The van der Waals surface area contributed by atoms with Gasteiger partial charge in [-0.3, -0.25) is 4.79 Å². The minimum atomic E-state index is -1.13. The number of rotatable bonds is 15. The molecule has 1 aromatic heterocycles. The number of aromatic nitrogens is 2. The number of nitrogens with one attached hydrogen (secondary N) is 1.